The quantitative estimate of drug-likeness (QED) is 0.663. The number of likely N-dealkylation sites (tertiary alicyclic amines) is 1. The molecule has 3 aromatic rings. The molecule has 1 unspecified atom stereocenters. The van der Waals surface area contributed by atoms with Crippen molar-refractivity contribution in [2.75, 3.05) is 38.1 Å². The molecule has 0 aliphatic carbocycles. The lowest BCUT2D eigenvalue weighted by atomic mass is 9.95. The van der Waals surface area contributed by atoms with Gasteiger partial charge in [-0.3, -0.25) is 4.79 Å². The fourth-order valence-electron chi connectivity index (χ4n) is 5.19. The number of aromatic nitrogens is 4. The van der Waals surface area contributed by atoms with E-state index in [9.17, 15) is 4.79 Å². The van der Waals surface area contributed by atoms with Gasteiger partial charge in [-0.1, -0.05) is 17.7 Å². The molecule has 174 valence electrons. The normalized spacial score (nSPS) is 20.0. The summed E-state index contributed by atoms with van der Waals surface area (Å²) >= 11 is 0. The fourth-order valence-corrected chi connectivity index (χ4v) is 5.19. The maximum atomic E-state index is 12.8. The molecular weight excluding hydrogens is 414 g/mol. The maximum absolute atomic E-state index is 12.8. The molecule has 0 bridgehead atoms. The number of likely N-dealkylation sites (N-methyl/N-ethyl adjacent to an activating group) is 1. The molecule has 33 heavy (non-hydrogen) atoms. The summed E-state index contributed by atoms with van der Waals surface area (Å²) in [6.07, 6.45) is 2.69. The minimum Gasteiger partial charge on any atom is -0.353 e. The van der Waals surface area contributed by atoms with E-state index in [1.807, 2.05) is 11.6 Å². The van der Waals surface area contributed by atoms with Gasteiger partial charge in [-0.2, -0.15) is 10.2 Å². The molecule has 2 aliphatic rings. The van der Waals surface area contributed by atoms with Crippen molar-refractivity contribution in [1.82, 2.24) is 30.2 Å². The number of rotatable bonds is 4. The number of anilines is 1. The Morgan fingerprint density at radius 2 is 1.73 bits per heavy atom. The van der Waals surface area contributed by atoms with Crippen LogP contribution in [0.1, 0.15) is 36.2 Å². The first-order chi connectivity index (χ1) is 15.9. The third-order valence-corrected chi connectivity index (χ3v) is 7.17. The van der Waals surface area contributed by atoms with Crippen LogP contribution in [0, 0.1) is 26.7 Å². The number of amides is 1. The number of carbonyl (C=O) groups is 1. The number of fused-ring (bicyclic) bond motifs is 1. The Bertz CT molecular complexity index is 1160. The van der Waals surface area contributed by atoms with Crippen LogP contribution in [0.4, 0.5) is 5.82 Å². The molecule has 2 fully saturated rings. The fraction of sp³-hybridized carbons (Fsp3) is 0.520. The SMILES string of the molecule is Cc1ccc(-n2nc3c(N4CCC(C(=O)NC5CCN(C)C5)CC4)nnc(C)c3c2C)cc1. The van der Waals surface area contributed by atoms with Gasteiger partial charge in [0.1, 0.15) is 5.52 Å². The molecule has 2 saturated heterocycles. The summed E-state index contributed by atoms with van der Waals surface area (Å²) in [5.74, 6) is 1.09. The predicted molar refractivity (Wildman–Crippen MR) is 130 cm³/mol. The lowest BCUT2D eigenvalue weighted by molar-refractivity contribution is -0.126. The summed E-state index contributed by atoms with van der Waals surface area (Å²) in [5, 5.41) is 18.3. The summed E-state index contributed by atoms with van der Waals surface area (Å²) in [6, 6.07) is 8.68. The predicted octanol–water partition coefficient (Wildman–Crippen LogP) is 2.78. The second kappa shape index (κ2) is 8.74. The molecule has 5 rings (SSSR count). The van der Waals surface area contributed by atoms with E-state index in [4.69, 9.17) is 5.10 Å². The minimum absolute atomic E-state index is 0.0629. The molecule has 1 amide bonds. The molecule has 1 atom stereocenters. The van der Waals surface area contributed by atoms with Crippen LogP contribution >= 0.6 is 0 Å². The lowest BCUT2D eigenvalue weighted by Gasteiger charge is -2.32. The Morgan fingerprint density at radius 3 is 2.39 bits per heavy atom. The van der Waals surface area contributed by atoms with Gasteiger partial charge in [0.2, 0.25) is 5.91 Å². The van der Waals surface area contributed by atoms with Gasteiger partial charge in [-0.15, -0.1) is 5.10 Å². The lowest BCUT2D eigenvalue weighted by Crippen LogP contribution is -2.44. The van der Waals surface area contributed by atoms with E-state index in [1.54, 1.807) is 0 Å². The zero-order valence-corrected chi connectivity index (χ0v) is 20.0. The Morgan fingerprint density at radius 1 is 1.00 bits per heavy atom. The molecule has 1 aromatic carbocycles. The summed E-state index contributed by atoms with van der Waals surface area (Å²) in [4.78, 5) is 17.3. The highest BCUT2D eigenvalue weighted by atomic mass is 16.2. The highest BCUT2D eigenvalue weighted by molar-refractivity contribution is 5.92. The van der Waals surface area contributed by atoms with Crippen molar-refractivity contribution >= 4 is 22.6 Å². The summed E-state index contributed by atoms with van der Waals surface area (Å²) in [7, 11) is 2.11. The van der Waals surface area contributed by atoms with Gasteiger partial charge in [0.15, 0.2) is 5.82 Å². The molecule has 1 N–H and O–H groups in total. The topological polar surface area (TPSA) is 79.2 Å². The number of hydrogen-bond acceptors (Lipinski definition) is 6. The first-order valence-corrected chi connectivity index (χ1v) is 11.9. The second-order valence-electron chi connectivity index (χ2n) is 9.68. The Balaban J connectivity index is 1.35. The first kappa shape index (κ1) is 21.8. The van der Waals surface area contributed by atoms with Crippen LogP contribution in [-0.4, -0.2) is 70.1 Å². The van der Waals surface area contributed by atoms with Crippen molar-refractivity contribution in [3.63, 3.8) is 0 Å². The van der Waals surface area contributed by atoms with Crippen molar-refractivity contribution in [2.45, 2.75) is 46.1 Å². The van der Waals surface area contributed by atoms with Crippen molar-refractivity contribution < 1.29 is 4.79 Å². The van der Waals surface area contributed by atoms with Crippen molar-refractivity contribution in [3.8, 4) is 5.69 Å². The Labute approximate surface area is 195 Å². The van der Waals surface area contributed by atoms with Gasteiger partial charge in [0.25, 0.3) is 0 Å². The maximum Gasteiger partial charge on any atom is 0.223 e. The second-order valence-corrected chi connectivity index (χ2v) is 9.68. The van der Waals surface area contributed by atoms with E-state index in [1.165, 1.54) is 5.56 Å². The van der Waals surface area contributed by atoms with Gasteiger partial charge in [-0.25, -0.2) is 4.68 Å². The van der Waals surface area contributed by atoms with Crippen molar-refractivity contribution in [1.29, 1.82) is 0 Å². The van der Waals surface area contributed by atoms with Gasteiger partial charge in [0.05, 0.1) is 22.5 Å². The number of nitrogens with zero attached hydrogens (tertiary/aromatic N) is 6. The van der Waals surface area contributed by atoms with Crippen LogP contribution in [0.3, 0.4) is 0 Å². The van der Waals surface area contributed by atoms with E-state index in [0.29, 0.717) is 0 Å². The van der Waals surface area contributed by atoms with Crippen LogP contribution < -0.4 is 10.2 Å². The zero-order chi connectivity index (χ0) is 23.1. The van der Waals surface area contributed by atoms with Crippen molar-refractivity contribution in [3.05, 3.63) is 41.2 Å². The number of aryl methyl sites for hydroxylation is 3. The molecule has 0 spiro atoms. The molecule has 8 heteroatoms. The Hall–Kier alpha value is -3.00. The molecule has 8 nitrogen and oxygen atoms in total. The largest absolute Gasteiger partial charge is 0.353 e. The molecular formula is C25H33N7O. The molecule has 0 saturated carbocycles. The van der Waals surface area contributed by atoms with Crippen LogP contribution in [0.2, 0.25) is 0 Å². The minimum atomic E-state index is 0.0629. The molecule has 0 radical (unpaired) electrons. The van der Waals surface area contributed by atoms with E-state index in [-0.39, 0.29) is 17.9 Å². The van der Waals surface area contributed by atoms with Crippen LogP contribution in [0.5, 0.6) is 0 Å². The molecule has 4 heterocycles. The summed E-state index contributed by atoms with van der Waals surface area (Å²) in [5.41, 5.74) is 5.10. The monoisotopic (exact) mass is 447 g/mol. The van der Waals surface area contributed by atoms with E-state index >= 15 is 0 Å². The number of hydrogen-bond donors (Lipinski definition) is 1. The van der Waals surface area contributed by atoms with E-state index < -0.39 is 0 Å². The van der Waals surface area contributed by atoms with E-state index in [0.717, 1.165) is 79.2 Å². The number of nitrogens with one attached hydrogen (secondary N) is 1. The van der Waals surface area contributed by atoms with Gasteiger partial charge < -0.3 is 15.1 Å². The number of carbonyl (C=O) groups excluding carboxylic acids is 1. The number of piperidine rings is 1. The van der Waals surface area contributed by atoms with E-state index in [2.05, 4.69) is 70.5 Å². The van der Waals surface area contributed by atoms with Gasteiger partial charge in [-0.05, 0) is 65.8 Å². The third-order valence-electron chi connectivity index (χ3n) is 7.17. The highest BCUT2D eigenvalue weighted by Gasteiger charge is 2.30. The van der Waals surface area contributed by atoms with Crippen LogP contribution in [-0.2, 0) is 4.79 Å². The van der Waals surface area contributed by atoms with Gasteiger partial charge in [0, 0.05) is 31.6 Å². The van der Waals surface area contributed by atoms with Crippen LogP contribution in [0.15, 0.2) is 24.3 Å². The Kier molecular flexibility index (Phi) is 5.78. The first-order valence-electron chi connectivity index (χ1n) is 11.9. The zero-order valence-electron chi connectivity index (χ0n) is 20.0. The summed E-state index contributed by atoms with van der Waals surface area (Å²) < 4.78 is 1.99. The average Bonchev–Trinajstić information content (AvgIpc) is 3.38. The molecule has 2 aromatic heterocycles. The summed E-state index contributed by atoms with van der Waals surface area (Å²) in [6.45, 7) is 9.74. The highest BCUT2D eigenvalue weighted by Crippen LogP contribution is 2.31. The number of benzene rings is 1. The smallest absolute Gasteiger partial charge is 0.223 e. The third kappa shape index (κ3) is 4.19. The molecule has 2 aliphatic heterocycles. The average molecular weight is 448 g/mol. The van der Waals surface area contributed by atoms with Crippen molar-refractivity contribution in [2.24, 2.45) is 5.92 Å². The van der Waals surface area contributed by atoms with Gasteiger partial charge >= 0.3 is 0 Å². The van der Waals surface area contributed by atoms with Crippen LogP contribution in [0.25, 0.3) is 16.6 Å². The standard InChI is InChI=1S/C25H33N7O/c1-16-5-7-21(8-6-16)32-18(3)22-17(2)27-28-24(23(22)29-32)31-13-9-19(10-14-31)25(33)26-20-11-12-30(4)15-20/h5-8,19-20H,9-15H2,1-4H3,(H,26,33).